The summed E-state index contributed by atoms with van der Waals surface area (Å²) >= 11 is 6.33. The van der Waals surface area contributed by atoms with Crippen molar-refractivity contribution in [3.8, 4) is 17.2 Å². The average molecular weight is 609 g/mol. The van der Waals surface area contributed by atoms with Crippen LogP contribution < -0.4 is 10.6 Å². The van der Waals surface area contributed by atoms with Crippen molar-refractivity contribution in [2.24, 2.45) is 0 Å². The molecule has 5 aromatic rings. The SMILES string of the molecule is N#Cc1nnc2ccc(-c3cc(NC(=O)c4cc(F)cc(C(F)(F)F)c4)c4c(c3)C(=O)NC4c3cc(F)ccc3Cl)cn12. The molecule has 0 spiro atoms. The van der Waals surface area contributed by atoms with Gasteiger partial charge in [0.25, 0.3) is 11.8 Å². The zero-order valence-electron chi connectivity index (χ0n) is 21.3. The predicted molar refractivity (Wildman–Crippen MR) is 143 cm³/mol. The quantitative estimate of drug-likeness (QED) is 0.233. The monoisotopic (exact) mass is 608 g/mol. The van der Waals surface area contributed by atoms with Crippen molar-refractivity contribution in [1.29, 1.82) is 5.26 Å². The lowest BCUT2D eigenvalue weighted by atomic mass is 9.93. The molecule has 8 nitrogen and oxygen atoms in total. The molecule has 14 heteroatoms. The van der Waals surface area contributed by atoms with Crippen LogP contribution in [0, 0.1) is 23.0 Å². The summed E-state index contributed by atoms with van der Waals surface area (Å²) in [7, 11) is 0. The Kier molecular flexibility index (Phi) is 6.58. The van der Waals surface area contributed by atoms with Crippen molar-refractivity contribution in [2.45, 2.75) is 12.2 Å². The Morgan fingerprint density at radius 1 is 1.00 bits per heavy atom. The summed E-state index contributed by atoms with van der Waals surface area (Å²) < 4.78 is 69.8. The zero-order valence-corrected chi connectivity index (χ0v) is 22.1. The fourth-order valence-electron chi connectivity index (χ4n) is 4.89. The molecule has 0 fully saturated rings. The lowest BCUT2D eigenvalue weighted by Gasteiger charge is -2.19. The van der Waals surface area contributed by atoms with E-state index in [1.54, 1.807) is 12.1 Å². The van der Waals surface area contributed by atoms with E-state index in [2.05, 4.69) is 20.8 Å². The Balaban J connectivity index is 1.52. The van der Waals surface area contributed by atoms with Crippen molar-refractivity contribution in [1.82, 2.24) is 19.9 Å². The maximum atomic E-state index is 14.2. The van der Waals surface area contributed by atoms with Crippen LogP contribution in [0.25, 0.3) is 16.8 Å². The summed E-state index contributed by atoms with van der Waals surface area (Å²) in [5.74, 6) is -3.66. The van der Waals surface area contributed by atoms with Crippen LogP contribution >= 0.6 is 11.6 Å². The molecule has 1 aliphatic rings. The summed E-state index contributed by atoms with van der Waals surface area (Å²) in [6, 6.07) is 11.9. The number of fused-ring (bicyclic) bond motifs is 2. The molecule has 214 valence electrons. The Morgan fingerprint density at radius 2 is 1.79 bits per heavy atom. The van der Waals surface area contributed by atoms with Gasteiger partial charge >= 0.3 is 6.18 Å². The number of benzene rings is 3. The number of nitrogens with one attached hydrogen (secondary N) is 2. The second-order valence-corrected chi connectivity index (χ2v) is 9.93. The molecule has 2 N–H and O–H groups in total. The number of nitrogens with zero attached hydrogens (tertiary/aromatic N) is 4. The van der Waals surface area contributed by atoms with Gasteiger partial charge in [0.1, 0.15) is 17.7 Å². The van der Waals surface area contributed by atoms with Gasteiger partial charge in [-0.3, -0.25) is 14.0 Å². The third-order valence-corrected chi connectivity index (χ3v) is 7.17. The van der Waals surface area contributed by atoms with Crippen LogP contribution in [0.4, 0.5) is 27.6 Å². The summed E-state index contributed by atoms with van der Waals surface area (Å²) in [4.78, 5) is 26.5. The number of hydrogen-bond donors (Lipinski definition) is 2. The van der Waals surface area contributed by atoms with E-state index >= 15 is 0 Å². The van der Waals surface area contributed by atoms with Crippen molar-refractivity contribution in [3.63, 3.8) is 0 Å². The molecule has 0 aliphatic carbocycles. The van der Waals surface area contributed by atoms with E-state index < -0.39 is 46.8 Å². The minimum atomic E-state index is -4.92. The number of nitriles is 1. The predicted octanol–water partition coefficient (Wildman–Crippen LogP) is 6.30. The van der Waals surface area contributed by atoms with Crippen LogP contribution in [0.15, 0.2) is 66.9 Å². The minimum Gasteiger partial charge on any atom is -0.341 e. The summed E-state index contributed by atoms with van der Waals surface area (Å²) in [6.07, 6.45) is -3.39. The second-order valence-electron chi connectivity index (χ2n) is 9.52. The first-order chi connectivity index (χ1) is 20.4. The number of carbonyl (C=O) groups is 2. The molecule has 3 aromatic carbocycles. The highest BCUT2D eigenvalue weighted by Gasteiger charge is 2.36. The molecule has 0 radical (unpaired) electrons. The van der Waals surface area contributed by atoms with Gasteiger partial charge in [-0.25, -0.2) is 8.78 Å². The highest BCUT2D eigenvalue weighted by molar-refractivity contribution is 6.31. The number of halogens is 6. The van der Waals surface area contributed by atoms with Crippen LogP contribution in [0.2, 0.25) is 5.02 Å². The van der Waals surface area contributed by atoms with Gasteiger partial charge in [0.15, 0.2) is 5.65 Å². The topological polar surface area (TPSA) is 112 Å². The van der Waals surface area contributed by atoms with Crippen molar-refractivity contribution in [3.05, 3.63) is 117 Å². The third kappa shape index (κ3) is 5.02. The normalized spacial score (nSPS) is 14.3. The molecule has 0 saturated heterocycles. The first-order valence-corrected chi connectivity index (χ1v) is 12.7. The van der Waals surface area contributed by atoms with Crippen LogP contribution in [0.1, 0.15) is 49.3 Å². The Labute approximate surface area is 243 Å². The fourth-order valence-corrected chi connectivity index (χ4v) is 5.12. The van der Waals surface area contributed by atoms with E-state index in [-0.39, 0.29) is 39.3 Å². The van der Waals surface area contributed by atoms with E-state index in [9.17, 15) is 36.8 Å². The standard InChI is InChI=1S/C29H14ClF5N6O2/c30-21-3-2-17(31)10-19(21)26-25-20(28(43)38-26)7-14(13-1-4-23-39-40-24(11-36)41(23)12-13)8-22(25)37-27(42)15-5-16(29(33,34)35)9-18(32)6-15/h1-10,12,26H,(H,37,42)(H,38,43). The smallest absolute Gasteiger partial charge is 0.341 e. The zero-order chi connectivity index (χ0) is 30.6. The number of amides is 2. The van der Waals surface area contributed by atoms with Crippen LogP contribution in [0.5, 0.6) is 0 Å². The first-order valence-electron chi connectivity index (χ1n) is 12.3. The molecule has 6 rings (SSSR count). The van der Waals surface area contributed by atoms with Crippen LogP contribution in [-0.2, 0) is 6.18 Å². The van der Waals surface area contributed by atoms with Crippen molar-refractivity contribution >= 4 is 34.7 Å². The highest BCUT2D eigenvalue weighted by atomic mass is 35.5. The number of anilines is 1. The molecule has 1 aliphatic heterocycles. The molecule has 0 bridgehead atoms. The molecule has 3 heterocycles. The van der Waals surface area contributed by atoms with Gasteiger partial charge in [0.05, 0.1) is 11.6 Å². The molecular formula is C29H14ClF5N6O2. The van der Waals surface area contributed by atoms with Gasteiger partial charge in [-0.05, 0) is 71.8 Å². The van der Waals surface area contributed by atoms with Crippen molar-refractivity contribution < 1.29 is 31.5 Å². The summed E-state index contributed by atoms with van der Waals surface area (Å²) in [6.45, 7) is 0. The number of aromatic nitrogens is 3. The highest BCUT2D eigenvalue weighted by Crippen LogP contribution is 2.42. The Hall–Kier alpha value is -5.35. The minimum absolute atomic E-state index is 0.0170. The Morgan fingerprint density at radius 3 is 2.53 bits per heavy atom. The van der Waals surface area contributed by atoms with Gasteiger partial charge in [-0.1, -0.05) is 11.6 Å². The number of alkyl halides is 3. The van der Waals surface area contributed by atoms with E-state index in [4.69, 9.17) is 11.6 Å². The molecule has 2 amide bonds. The lowest BCUT2D eigenvalue weighted by molar-refractivity contribution is -0.137. The lowest BCUT2D eigenvalue weighted by Crippen LogP contribution is -2.21. The van der Waals surface area contributed by atoms with E-state index in [1.165, 1.54) is 28.8 Å². The van der Waals surface area contributed by atoms with Gasteiger partial charge in [0.2, 0.25) is 5.82 Å². The van der Waals surface area contributed by atoms with Crippen molar-refractivity contribution in [2.75, 3.05) is 5.32 Å². The maximum absolute atomic E-state index is 14.2. The average Bonchev–Trinajstić information content (AvgIpc) is 3.53. The largest absolute Gasteiger partial charge is 0.416 e. The molecule has 43 heavy (non-hydrogen) atoms. The fraction of sp³-hybridized carbons (Fsp3) is 0.0690. The van der Waals surface area contributed by atoms with Gasteiger partial charge < -0.3 is 10.6 Å². The third-order valence-electron chi connectivity index (χ3n) is 6.83. The molecule has 0 saturated carbocycles. The maximum Gasteiger partial charge on any atom is 0.416 e. The summed E-state index contributed by atoms with van der Waals surface area (Å²) in [5.41, 5.74) is -0.503. The summed E-state index contributed by atoms with van der Waals surface area (Å²) in [5, 5.41) is 22.3. The number of carbonyl (C=O) groups excluding carboxylic acids is 2. The van der Waals surface area contributed by atoms with E-state index in [1.807, 2.05) is 6.07 Å². The molecule has 1 atom stereocenters. The van der Waals surface area contributed by atoms with Gasteiger partial charge in [-0.15, -0.1) is 10.2 Å². The first kappa shape index (κ1) is 27.8. The van der Waals surface area contributed by atoms with Gasteiger partial charge in [0, 0.05) is 39.2 Å². The number of rotatable bonds is 4. The second kappa shape index (κ2) is 10.2. The molecule has 1 unspecified atom stereocenters. The van der Waals surface area contributed by atoms with E-state index in [0.29, 0.717) is 28.9 Å². The number of pyridine rings is 1. The number of hydrogen-bond acceptors (Lipinski definition) is 5. The Bertz CT molecular complexity index is 2030. The van der Waals surface area contributed by atoms with Gasteiger partial charge in [-0.2, -0.15) is 18.4 Å². The molecular weight excluding hydrogens is 595 g/mol. The van der Waals surface area contributed by atoms with Crippen LogP contribution in [-0.4, -0.2) is 26.4 Å². The molecule has 2 aromatic heterocycles. The van der Waals surface area contributed by atoms with Crippen LogP contribution in [0.3, 0.4) is 0 Å². The van der Waals surface area contributed by atoms with E-state index in [0.717, 1.165) is 12.1 Å².